The fourth-order valence-corrected chi connectivity index (χ4v) is 1.67. The average Bonchev–Trinajstić information content (AvgIpc) is 2.51. The topological polar surface area (TPSA) is 131 Å². The van der Waals surface area contributed by atoms with Crippen molar-refractivity contribution < 1.29 is 4.79 Å². The molecule has 0 saturated heterocycles. The Bertz CT molecular complexity index is 690. The number of nitrogens with zero attached hydrogens (tertiary/aromatic N) is 3. The van der Waals surface area contributed by atoms with Crippen LogP contribution in [0.15, 0.2) is 35.4 Å². The average molecular weight is 320 g/mol. The van der Waals surface area contributed by atoms with Gasteiger partial charge >= 0.3 is 0 Å². The minimum absolute atomic E-state index is 0.0334. The van der Waals surface area contributed by atoms with E-state index in [4.69, 9.17) is 23.1 Å². The summed E-state index contributed by atoms with van der Waals surface area (Å²) < 4.78 is 0. The summed E-state index contributed by atoms with van der Waals surface area (Å²) >= 11 is 5.70. The van der Waals surface area contributed by atoms with Crippen LogP contribution in [0.1, 0.15) is 16.1 Å². The molecule has 0 aliphatic heterocycles. The van der Waals surface area contributed by atoms with Gasteiger partial charge in [0, 0.05) is 0 Å². The molecular weight excluding hydrogens is 306 g/mol. The molecule has 0 fully saturated rings. The Balaban J connectivity index is 1.87. The van der Waals surface area contributed by atoms with E-state index < -0.39 is 5.91 Å². The van der Waals surface area contributed by atoms with Crippen LogP contribution in [-0.2, 0) is 6.54 Å². The number of hydrogen-bond acceptors (Lipinski definition) is 7. The lowest BCUT2D eigenvalue weighted by Gasteiger charge is -2.05. The van der Waals surface area contributed by atoms with E-state index in [1.165, 1.54) is 6.34 Å². The van der Waals surface area contributed by atoms with Gasteiger partial charge in [-0.05, 0) is 5.56 Å². The van der Waals surface area contributed by atoms with Gasteiger partial charge in [-0.1, -0.05) is 41.9 Å². The molecule has 0 atom stereocenters. The minimum Gasteiger partial charge on any atom is -0.382 e. The van der Waals surface area contributed by atoms with Gasteiger partial charge in [-0.15, -0.1) is 0 Å². The fraction of sp³-hybridized carbons (Fsp3) is 0.0769. The molecule has 6 N–H and O–H groups in total. The maximum Gasteiger partial charge on any atom is 0.278 e. The zero-order valence-corrected chi connectivity index (χ0v) is 12.2. The minimum atomic E-state index is -0.586. The van der Waals surface area contributed by atoms with Gasteiger partial charge in [0.25, 0.3) is 5.91 Å². The second-order valence-electron chi connectivity index (χ2n) is 4.19. The largest absolute Gasteiger partial charge is 0.382 e. The number of amides is 1. The van der Waals surface area contributed by atoms with Crippen molar-refractivity contribution in [3.8, 4) is 0 Å². The molecule has 0 aliphatic rings. The van der Waals surface area contributed by atoms with Gasteiger partial charge in [-0.3, -0.25) is 4.79 Å². The molecule has 0 bridgehead atoms. The lowest BCUT2D eigenvalue weighted by molar-refractivity contribution is 0.0974. The van der Waals surface area contributed by atoms with Gasteiger partial charge in [0.05, 0.1) is 6.54 Å². The molecular formula is C13H14ClN7O. The Labute approximate surface area is 131 Å². The molecule has 0 unspecified atom stereocenters. The standard InChI is InChI=1S/C13H14ClN7O/c14-10-12(16)21-11(15)9(20-10)13(22)17-7-19-18-6-8-4-2-1-3-5-8/h1-5,7,18H,6H2,(H4,15,16,21)(H,17,19,22). The van der Waals surface area contributed by atoms with Crippen LogP contribution < -0.4 is 22.2 Å². The number of hydrogen-bond donors (Lipinski definition) is 4. The molecule has 1 aromatic heterocycles. The number of benzene rings is 1. The number of carbonyl (C=O) groups excluding carboxylic acids is 1. The Kier molecular flexibility index (Phi) is 5.10. The van der Waals surface area contributed by atoms with Gasteiger partial charge in [0.2, 0.25) is 0 Å². The predicted octanol–water partition coefficient (Wildman–Crippen LogP) is 0.757. The first kappa shape index (κ1) is 15.5. The quantitative estimate of drug-likeness (QED) is 0.365. The molecule has 2 rings (SSSR count). The lowest BCUT2D eigenvalue weighted by Crippen LogP contribution is -2.26. The molecule has 1 aromatic carbocycles. The lowest BCUT2D eigenvalue weighted by atomic mass is 10.2. The Morgan fingerprint density at radius 1 is 1.23 bits per heavy atom. The van der Waals surface area contributed by atoms with Crippen molar-refractivity contribution in [1.82, 2.24) is 20.7 Å². The van der Waals surface area contributed by atoms with Crippen LogP contribution in [0.5, 0.6) is 0 Å². The van der Waals surface area contributed by atoms with Crippen molar-refractivity contribution in [1.29, 1.82) is 0 Å². The number of rotatable bonds is 5. The highest BCUT2D eigenvalue weighted by Crippen LogP contribution is 2.16. The van der Waals surface area contributed by atoms with Crippen molar-refractivity contribution in [2.75, 3.05) is 11.5 Å². The second kappa shape index (κ2) is 7.23. The normalized spacial score (nSPS) is 10.6. The predicted molar refractivity (Wildman–Crippen MR) is 85.1 cm³/mol. The number of halogens is 1. The molecule has 1 amide bonds. The summed E-state index contributed by atoms with van der Waals surface area (Å²) in [7, 11) is 0. The molecule has 9 heteroatoms. The highest BCUT2D eigenvalue weighted by Gasteiger charge is 2.14. The van der Waals surface area contributed by atoms with E-state index in [1.54, 1.807) is 0 Å². The number of hydrazone groups is 1. The summed E-state index contributed by atoms with van der Waals surface area (Å²) in [6.45, 7) is 0.531. The van der Waals surface area contributed by atoms with E-state index in [-0.39, 0.29) is 22.5 Å². The first-order chi connectivity index (χ1) is 10.6. The van der Waals surface area contributed by atoms with Gasteiger partial charge in [0.1, 0.15) is 6.34 Å². The third kappa shape index (κ3) is 4.06. The van der Waals surface area contributed by atoms with Crippen molar-refractivity contribution in [2.24, 2.45) is 5.10 Å². The number of nitrogens with two attached hydrogens (primary N) is 2. The van der Waals surface area contributed by atoms with Crippen LogP contribution in [0.2, 0.25) is 5.15 Å². The van der Waals surface area contributed by atoms with E-state index in [0.29, 0.717) is 6.54 Å². The highest BCUT2D eigenvalue weighted by molar-refractivity contribution is 6.31. The molecule has 1 heterocycles. The number of aromatic nitrogens is 2. The molecule has 0 spiro atoms. The Morgan fingerprint density at radius 3 is 2.68 bits per heavy atom. The van der Waals surface area contributed by atoms with E-state index in [2.05, 4.69) is 25.8 Å². The summed E-state index contributed by atoms with van der Waals surface area (Å²) in [6, 6.07) is 9.68. The van der Waals surface area contributed by atoms with E-state index >= 15 is 0 Å². The maximum absolute atomic E-state index is 11.9. The molecule has 0 aliphatic carbocycles. The van der Waals surface area contributed by atoms with Crippen LogP contribution in [-0.4, -0.2) is 22.2 Å². The van der Waals surface area contributed by atoms with E-state index in [0.717, 1.165) is 5.56 Å². The third-order valence-corrected chi connectivity index (χ3v) is 2.88. The smallest absolute Gasteiger partial charge is 0.278 e. The third-order valence-electron chi connectivity index (χ3n) is 2.60. The molecule has 2 aromatic rings. The zero-order chi connectivity index (χ0) is 15.9. The first-order valence-electron chi connectivity index (χ1n) is 6.25. The van der Waals surface area contributed by atoms with E-state index in [1.807, 2.05) is 30.3 Å². The summed E-state index contributed by atoms with van der Waals surface area (Å²) in [6.07, 6.45) is 1.19. The van der Waals surface area contributed by atoms with Crippen molar-refractivity contribution >= 4 is 35.5 Å². The summed E-state index contributed by atoms with van der Waals surface area (Å²) in [5.41, 5.74) is 14.7. The summed E-state index contributed by atoms with van der Waals surface area (Å²) in [5, 5.41) is 6.16. The Hall–Kier alpha value is -2.87. The van der Waals surface area contributed by atoms with E-state index in [9.17, 15) is 4.79 Å². The molecule has 0 saturated carbocycles. The van der Waals surface area contributed by atoms with Crippen LogP contribution in [0.4, 0.5) is 11.6 Å². The van der Waals surface area contributed by atoms with Crippen LogP contribution >= 0.6 is 11.6 Å². The number of carbonyl (C=O) groups is 1. The molecule has 22 heavy (non-hydrogen) atoms. The zero-order valence-electron chi connectivity index (χ0n) is 11.5. The monoisotopic (exact) mass is 319 g/mol. The van der Waals surface area contributed by atoms with Crippen molar-refractivity contribution in [2.45, 2.75) is 6.54 Å². The molecule has 8 nitrogen and oxygen atoms in total. The Morgan fingerprint density at radius 2 is 1.95 bits per heavy atom. The summed E-state index contributed by atoms with van der Waals surface area (Å²) in [5.74, 6) is -0.726. The summed E-state index contributed by atoms with van der Waals surface area (Å²) in [4.78, 5) is 19.3. The van der Waals surface area contributed by atoms with Gasteiger partial charge in [0.15, 0.2) is 22.5 Å². The molecule has 0 radical (unpaired) electrons. The van der Waals surface area contributed by atoms with Crippen LogP contribution in [0.25, 0.3) is 0 Å². The first-order valence-corrected chi connectivity index (χ1v) is 6.63. The fourth-order valence-electron chi connectivity index (χ4n) is 1.55. The van der Waals surface area contributed by atoms with Crippen LogP contribution in [0, 0.1) is 0 Å². The number of anilines is 2. The van der Waals surface area contributed by atoms with Gasteiger partial charge in [-0.2, -0.15) is 5.10 Å². The van der Waals surface area contributed by atoms with Crippen molar-refractivity contribution in [3.05, 3.63) is 46.7 Å². The van der Waals surface area contributed by atoms with Gasteiger partial charge < -0.3 is 22.2 Å². The van der Waals surface area contributed by atoms with Gasteiger partial charge in [-0.25, -0.2) is 9.97 Å². The number of nitrogens with one attached hydrogen (secondary N) is 2. The maximum atomic E-state index is 11.9. The van der Waals surface area contributed by atoms with Crippen molar-refractivity contribution in [3.63, 3.8) is 0 Å². The molecule has 114 valence electrons. The SMILES string of the molecule is Nc1nc(N)c(C(=O)N/C=N/NCc2ccccc2)nc1Cl. The van der Waals surface area contributed by atoms with Crippen LogP contribution in [0.3, 0.4) is 0 Å². The second-order valence-corrected chi connectivity index (χ2v) is 4.54. The highest BCUT2D eigenvalue weighted by atomic mass is 35.5. The number of nitrogen functional groups attached to an aromatic ring is 2.